The van der Waals surface area contributed by atoms with Crippen molar-refractivity contribution in [1.82, 2.24) is 0 Å². The summed E-state index contributed by atoms with van der Waals surface area (Å²) in [5, 5.41) is 0. The zero-order valence-corrected chi connectivity index (χ0v) is 16.4. The maximum absolute atomic E-state index is 6.20. The van der Waals surface area contributed by atoms with Crippen molar-refractivity contribution >= 4 is 6.55 Å². The first-order valence-electron chi connectivity index (χ1n) is 8.88. The summed E-state index contributed by atoms with van der Waals surface area (Å²) in [5.74, 6) is 7.05. The van der Waals surface area contributed by atoms with Gasteiger partial charge in [-0.15, -0.1) is 11.7 Å². The standard InChI is InChI=1S/C18H36BO2.Li/c1-8-10-11-12-13-14-15-19(18(7)9-2,20-16(3)4)21-17(5)6;/h16-18H,8-13H2,1-7H3;/q-1;+1. The molecule has 0 heterocycles. The van der Waals surface area contributed by atoms with E-state index in [0.717, 1.165) is 12.8 Å². The van der Waals surface area contributed by atoms with Crippen LogP contribution in [0.1, 0.15) is 87.0 Å². The Morgan fingerprint density at radius 3 is 1.82 bits per heavy atom. The molecule has 0 amide bonds. The smallest absolute Gasteiger partial charge is 0.556 e. The zero-order valence-electron chi connectivity index (χ0n) is 16.4. The molecule has 0 N–H and O–H groups in total. The van der Waals surface area contributed by atoms with E-state index in [2.05, 4.69) is 60.2 Å². The van der Waals surface area contributed by atoms with Crippen LogP contribution >= 0.6 is 0 Å². The first-order valence-corrected chi connectivity index (χ1v) is 8.88. The summed E-state index contributed by atoms with van der Waals surface area (Å²) >= 11 is 0. The van der Waals surface area contributed by atoms with Crippen LogP contribution < -0.4 is 18.9 Å². The van der Waals surface area contributed by atoms with E-state index in [-0.39, 0.29) is 31.1 Å². The largest absolute Gasteiger partial charge is 1.00 e. The summed E-state index contributed by atoms with van der Waals surface area (Å²) in [4.78, 5) is 0. The van der Waals surface area contributed by atoms with E-state index in [1.807, 2.05) is 0 Å². The van der Waals surface area contributed by atoms with Crippen molar-refractivity contribution in [3.8, 4) is 11.7 Å². The van der Waals surface area contributed by atoms with Gasteiger partial charge in [0.1, 0.15) is 0 Å². The van der Waals surface area contributed by atoms with E-state index >= 15 is 0 Å². The fraction of sp³-hybridized carbons (Fsp3) is 0.889. The molecule has 0 spiro atoms. The van der Waals surface area contributed by atoms with E-state index in [9.17, 15) is 0 Å². The van der Waals surface area contributed by atoms with Crippen molar-refractivity contribution in [1.29, 1.82) is 0 Å². The third-order valence-electron chi connectivity index (χ3n) is 3.80. The topological polar surface area (TPSA) is 18.5 Å². The molecule has 22 heavy (non-hydrogen) atoms. The molecule has 4 heteroatoms. The Labute approximate surface area is 151 Å². The Bertz CT molecular complexity index is 311. The molecule has 0 bridgehead atoms. The van der Waals surface area contributed by atoms with Gasteiger partial charge in [-0.3, -0.25) is 0 Å². The first kappa shape index (κ1) is 24.4. The van der Waals surface area contributed by atoms with Crippen LogP contribution in [0.5, 0.6) is 0 Å². The Morgan fingerprint density at radius 2 is 1.41 bits per heavy atom. The normalized spacial score (nSPS) is 12.8. The second-order valence-electron chi connectivity index (χ2n) is 6.66. The number of hydrogen-bond acceptors (Lipinski definition) is 2. The van der Waals surface area contributed by atoms with E-state index in [0.29, 0.717) is 5.82 Å². The van der Waals surface area contributed by atoms with Gasteiger partial charge in [-0.2, -0.15) is 0 Å². The maximum Gasteiger partial charge on any atom is 1.00 e. The Morgan fingerprint density at radius 1 is 0.864 bits per heavy atom. The van der Waals surface area contributed by atoms with E-state index < -0.39 is 6.55 Å². The molecule has 1 atom stereocenters. The van der Waals surface area contributed by atoms with Gasteiger partial charge in [-0.05, 0) is 34.1 Å². The van der Waals surface area contributed by atoms with Gasteiger partial charge in [0.2, 0.25) is 0 Å². The Hall–Kier alpha value is 0.142. The molecule has 0 radical (unpaired) electrons. The average Bonchev–Trinajstić information content (AvgIpc) is 2.40. The third-order valence-corrected chi connectivity index (χ3v) is 3.80. The van der Waals surface area contributed by atoms with Crippen molar-refractivity contribution < 1.29 is 28.2 Å². The van der Waals surface area contributed by atoms with Crippen molar-refractivity contribution in [3.63, 3.8) is 0 Å². The minimum atomic E-state index is -1.52. The Balaban J connectivity index is 0. The summed E-state index contributed by atoms with van der Waals surface area (Å²) < 4.78 is 12.4. The van der Waals surface area contributed by atoms with Gasteiger partial charge in [0.15, 0.2) is 0 Å². The van der Waals surface area contributed by atoms with Gasteiger partial charge in [0, 0.05) is 18.6 Å². The van der Waals surface area contributed by atoms with Gasteiger partial charge in [-0.1, -0.05) is 46.5 Å². The van der Waals surface area contributed by atoms with Gasteiger partial charge in [0.25, 0.3) is 0 Å². The SMILES string of the molecule is CCCCCCC#C[B-](OC(C)C)(OC(C)C)C(C)CC.[Li+]. The van der Waals surface area contributed by atoms with E-state index in [4.69, 9.17) is 9.31 Å². The minimum absolute atomic E-state index is 0. The number of unbranched alkanes of at least 4 members (excludes halogenated alkanes) is 4. The molecule has 0 aromatic heterocycles. The minimum Gasteiger partial charge on any atom is -0.556 e. The van der Waals surface area contributed by atoms with Crippen molar-refractivity contribution in [2.45, 2.75) is 105 Å². The molecule has 0 aliphatic rings. The van der Waals surface area contributed by atoms with Crippen molar-refractivity contribution in [2.24, 2.45) is 0 Å². The number of hydrogen-bond donors (Lipinski definition) is 0. The first-order chi connectivity index (χ1) is 9.88. The fourth-order valence-electron chi connectivity index (χ4n) is 2.48. The van der Waals surface area contributed by atoms with E-state index in [1.54, 1.807) is 0 Å². The predicted octanol–water partition coefficient (Wildman–Crippen LogP) is 2.60. The van der Waals surface area contributed by atoms with Crippen LogP contribution in [0.2, 0.25) is 5.82 Å². The molecular formula is C18H36BLiO2. The summed E-state index contributed by atoms with van der Waals surface area (Å²) in [5.41, 5.74) is 0. The van der Waals surface area contributed by atoms with Crippen LogP contribution in [0.25, 0.3) is 0 Å². The molecule has 0 saturated carbocycles. The fourth-order valence-corrected chi connectivity index (χ4v) is 2.48. The van der Waals surface area contributed by atoms with Crippen LogP contribution in [-0.2, 0) is 9.31 Å². The summed E-state index contributed by atoms with van der Waals surface area (Å²) in [6.45, 7) is 13.3. The van der Waals surface area contributed by atoms with Crippen LogP contribution in [0, 0.1) is 11.7 Å². The molecule has 1 unspecified atom stereocenters. The quantitative estimate of drug-likeness (QED) is 0.351. The number of rotatable bonds is 10. The Kier molecular flexibility index (Phi) is 15.0. The molecule has 0 aliphatic heterocycles. The monoisotopic (exact) mass is 302 g/mol. The van der Waals surface area contributed by atoms with Crippen LogP contribution in [0.4, 0.5) is 0 Å². The third kappa shape index (κ3) is 10.0. The molecule has 0 fully saturated rings. The van der Waals surface area contributed by atoms with Crippen LogP contribution in [-0.4, -0.2) is 18.8 Å². The van der Waals surface area contributed by atoms with Crippen molar-refractivity contribution in [3.05, 3.63) is 0 Å². The van der Waals surface area contributed by atoms with Gasteiger partial charge in [0.05, 0.1) is 0 Å². The van der Waals surface area contributed by atoms with Crippen LogP contribution in [0.3, 0.4) is 0 Å². The van der Waals surface area contributed by atoms with Gasteiger partial charge >= 0.3 is 25.4 Å². The average molecular weight is 302 g/mol. The molecular weight excluding hydrogens is 266 g/mol. The van der Waals surface area contributed by atoms with Crippen molar-refractivity contribution in [2.75, 3.05) is 0 Å². The molecule has 2 nitrogen and oxygen atoms in total. The molecule has 0 aliphatic carbocycles. The summed E-state index contributed by atoms with van der Waals surface area (Å²) in [6, 6.07) is 0. The second-order valence-corrected chi connectivity index (χ2v) is 6.66. The maximum atomic E-state index is 6.20. The van der Waals surface area contributed by atoms with E-state index in [1.165, 1.54) is 25.7 Å². The molecule has 0 aromatic rings. The van der Waals surface area contributed by atoms with Crippen LogP contribution in [0.15, 0.2) is 0 Å². The molecule has 0 aromatic carbocycles. The molecule has 0 saturated heterocycles. The van der Waals surface area contributed by atoms with Gasteiger partial charge < -0.3 is 9.31 Å². The second kappa shape index (κ2) is 13.6. The summed E-state index contributed by atoms with van der Waals surface area (Å²) in [6.07, 6.45) is 7.24. The zero-order chi connectivity index (χ0) is 16.3. The molecule has 0 rings (SSSR count). The predicted molar refractivity (Wildman–Crippen MR) is 94.4 cm³/mol. The molecule has 124 valence electrons. The summed E-state index contributed by atoms with van der Waals surface area (Å²) in [7, 11) is 0. The van der Waals surface area contributed by atoms with Gasteiger partial charge in [-0.25, -0.2) is 5.82 Å².